The number of nitrogens with one attached hydrogen (secondary N) is 2. The van der Waals surface area contributed by atoms with Crippen LogP contribution in [0.3, 0.4) is 0 Å². The van der Waals surface area contributed by atoms with Gasteiger partial charge in [0, 0.05) is 19.3 Å². The van der Waals surface area contributed by atoms with E-state index in [9.17, 15) is 4.79 Å². The van der Waals surface area contributed by atoms with Crippen LogP contribution in [0.15, 0.2) is 66.7 Å². The number of hydrogen-bond acceptors (Lipinski definition) is 6. The molecule has 4 rings (SSSR count). The van der Waals surface area contributed by atoms with Crippen molar-refractivity contribution in [3.05, 3.63) is 83.6 Å². The summed E-state index contributed by atoms with van der Waals surface area (Å²) in [6.07, 6.45) is 1.64. The number of ether oxygens (including phenoxy) is 2. The minimum Gasteiger partial charge on any atom is -0.497 e. The first-order valence-electron chi connectivity index (χ1n) is 10.4. The number of hydrogen-bond donors (Lipinski definition) is 2. The summed E-state index contributed by atoms with van der Waals surface area (Å²) in [4.78, 5) is 12.5. The third-order valence-electron chi connectivity index (χ3n) is 5.33. The monoisotopic (exact) mass is 418 g/mol. The molecule has 1 amide bonds. The zero-order chi connectivity index (χ0) is 21.5. The van der Waals surface area contributed by atoms with Crippen LogP contribution in [-0.4, -0.2) is 42.5 Å². The number of aromatic nitrogens is 2. The van der Waals surface area contributed by atoms with Crippen molar-refractivity contribution in [2.75, 3.05) is 25.6 Å². The molecule has 3 aromatic rings. The summed E-state index contributed by atoms with van der Waals surface area (Å²) in [6.45, 7) is 1.34. The lowest BCUT2D eigenvalue weighted by atomic mass is 9.98. The van der Waals surface area contributed by atoms with Crippen LogP contribution in [0.1, 0.15) is 40.5 Å². The van der Waals surface area contributed by atoms with Crippen LogP contribution in [-0.2, 0) is 4.74 Å². The van der Waals surface area contributed by atoms with Crippen molar-refractivity contribution in [2.24, 2.45) is 0 Å². The van der Waals surface area contributed by atoms with E-state index in [0.717, 1.165) is 29.7 Å². The molecular formula is C24H26N4O3. The van der Waals surface area contributed by atoms with Gasteiger partial charge in [0.15, 0.2) is 5.69 Å². The van der Waals surface area contributed by atoms with Crippen molar-refractivity contribution in [3.8, 4) is 5.75 Å². The number of anilines is 1. The van der Waals surface area contributed by atoms with Gasteiger partial charge in [0.1, 0.15) is 11.6 Å². The molecule has 0 radical (unpaired) electrons. The maximum absolute atomic E-state index is 12.5. The average Bonchev–Trinajstić information content (AvgIpc) is 2.84. The van der Waals surface area contributed by atoms with Gasteiger partial charge in [0.05, 0.1) is 13.2 Å². The van der Waals surface area contributed by atoms with Gasteiger partial charge in [-0.15, -0.1) is 10.2 Å². The Bertz CT molecular complexity index is 972. The molecule has 1 saturated heterocycles. The molecule has 2 N–H and O–H groups in total. The van der Waals surface area contributed by atoms with Gasteiger partial charge in [-0.2, -0.15) is 0 Å². The third kappa shape index (κ3) is 5.38. The maximum atomic E-state index is 12.5. The van der Waals surface area contributed by atoms with Crippen LogP contribution >= 0.6 is 0 Å². The molecule has 1 aromatic heterocycles. The molecule has 0 bridgehead atoms. The van der Waals surface area contributed by atoms with Crippen LogP contribution in [0.5, 0.6) is 5.75 Å². The average molecular weight is 418 g/mol. The summed E-state index contributed by atoms with van der Waals surface area (Å²) in [7, 11) is 1.65. The van der Waals surface area contributed by atoms with Gasteiger partial charge < -0.3 is 20.1 Å². The van der Waals surface area contributed by atoms with Crippen LogP contribution in [0, 0.1) is 0 Å². The molecule has 7 heteroatoms. The largest absolute Gasteiger partial charge is 0.497 e. The van der Waals surface area contributed by atoms with Gasteiger partial charge >= 0.3 is 0 Å². The normalized spacial score (nSPS) is 15.1. The first kappa shape index (κ1) is 20.8. The van der Waals surface area contributed by atoms with Gasteiger partial charge in [-0.3, -0.25) is 4.79 Å². The van der Waals surface area contributed by atoms with Crippen molar-refractivity contribution in [2.45, 2.75) is 24.9 Å². The van der Waals surface area contributed by atoms with Crippen LogP contribution in [0.4, 0.5) is 5.82 Å². The molecule has 1 aliphatic rings. The zero-order valence-electron chi connectivity index (χ0n) is 17.5. The second-order valence-corrected chi connectivity index (χ2v) is 7.43. The molecule has 0 saturated carbocycles. The number of amides is 1. The van der Waals surface area contributed by atoms with Gasteiger partial charge in [0.25, 0.3) is 5.91 Å². The van der Waals surface area contributed by atoms with E-state index in [4.69, 9.17) is 9.47 Å². The van der Waals surface area contributed by atoms with Crippen molar-refractivity contribution < 1.29 is 14.3 Å². The number of nitrogens with zero attached hydrogens (tertiary/aromatic N) is 2. The SMILES string of the molecule is COc1ccc(C(Nc2ccc(C(=O)NC3CCOCC3)nn2)c2ccccc2)cc1. The molecule has 0 spiro atoms. The minimum absolute atomic E-state index is 0.122. The fraction of sp³-hybridized carbons (Fsp3) is 0.292. The second kappa shape index (κ2) is 10.0. The molecule has 2 aromatic carbocycles. The van der Waals surface area contributed by atoms with Gasteiger partial charge in [0.2, 0.25) is 0 Å². The van der Waals surface area contributed by atoms with Crippen molar-refractivity contribution in [3.63, 3.8) is 0 Å². The molecule has 1 fully saturated rings. The smallest absolute Gasteiger partial charge is 0.272 e. The summed E-state index contributed by atoms with van der Waals surface area (Å²) in [5, 5.41) is 14.8. The highest BCUT2D eigenvalue weighted by Gasteiger charge is 2.19. The zero-order valence-corrected chi connectivity index (χ0v) is 17.5. The number of rotatable bonds is 7. The molecule has 0 aliphatic carbocycles. The van der Waals surface area contributed by atoms with Crippen molar-refractivity contribution in [1.29, 1.82) is 0 Å². The Morgan fingerprint density at radius 1 is 0.968 bits per heavy atom. The fourth-order valence-corrected chi connectivity index (χ4v) is 3.58. The number of carbonyl (C=O) groups is 1. The van der Waals surface area contributed by atoms with E-state index in [1.54, 1.807) is 19.2 Å². The van der Waals surface area contributed by atoms with Crippen LogP contribution < -0.4 is 15.4 Å². The topological polar surface area (TPSA) is 85.4 Å². The van der Waals surface area contributed by atoms with E-state index in [0.29, 0.717) is 24.7 Å². The predicted octanol–water partition coefficient (Wildman–Crippen LogP) is 3.60. The standard InChI is InChI=1S/C24H26N4O3/c1-30-20-9-7-18(8-10-20)23(17-5-3-2-4-6-17)26-22-12-11-21(27-28-22)24(29)25-19-13-15-31-16-14-19/h2-12,19,23H,13-16H2,1H3,(H,25,29)(H,26,28). The molecular weight excluding hydrogens is 392 g/mol. The summed E-state index contributed by atoms with van der Waals surface area (Å²) in [5.41, 5.74) is 2.46. The Labute approximate surface area is 181 Å². The third-order valence-corrected chi connectivity index (χ3v) is 5.33. The van der Waals surface area contributed by atoms with Gasteiger partial charge in [-0.25, -0.2) is 0 Å². The summed E-state index contributed by atoms with van der Waals surface area (Å²) in [6, 6.07) is 21.5. The van der Waals surface area contributed by atoms with Crippen molar-refractivity contribution in [1.82, 2.24) is 15.5 Å². The molecule has 160 valence electrons. The number of carbonyl (C=O) groups excluding carboxylic acids is 1. The first-order chi connectivity index (χ1) is 15.2. The van der Waals surface area contributed by atoms with Crippen LogP contribution in [0.25, 0.3) is 0 Å². The lowest BCUT2D eigenvalue weighted by Gasteiger charge is -2.23. The highest BCUT2D eigenvalue weighted by molar-refractivity contribution is 5.92. The van der Waals surface area contributed by atoms with Gasteiger partial charge in [-0.05, 0) is 48.2 Å². The number of methoxy groups -OCH3 is 1. The quantitative estimate of drug-likeness (QED) is 0.610. The second-order valence-electron chi connectivity index (χ2n) is 7.43. The molecule has 2 heterocycles. The van der Waals surface area contributed by atoms with Gasteiger partial charge in [-0.1, -0.05) is 42.5 Å². The van der Waals surface area contributed by atoms with E-state index >= 15 is 0 Å². The Morgan fingerprint density at radius 2 is 1.68 bits per heavy atom. The summed E-state index contributed by atoms with van der Waals surface area (Å²) < 4.78 is 10.6. The minimum atomic E-state index is -0.208. The summed E-state index contributed by atoms with van der Waals surface area (Å²) in [5.74, 6) is 1.18. The highest BCUT2D eigenvalue weighted by atomic mass is 16.5. The Balaban J connectivity index is 1.49. The predicted molar refractivity (Wildman–Crippen MR) is 118 cm³/mol. The van der Waals surface area contributed by atoms with Crippen LogP contribution in [0.2, 0.25) is 0 Å². The maximum Gasteiger partial charge on any atom is 0.272 e. The van der Waals surface area contributed by atoms with E-state index in [2.05, 4.69) is 33.0 Å². The molecule has 1 atom stereocenters. The van der Waals surface area contributed by atoms with E-state index < -0.39 is 0 Å². The molecule has 7 nitrogen and oxygen atoms in total. The Hall–Kier alpha value is -3.45. The fourth-order valence-electron chi connectivity index (χ4n) is 3.58. The molecule has 1 unspecified atom stereocenters. The molecule has 1 aliphatic heterocycles. The Morgan fingerprint density at radius 3 is 2.32 bits per heavy atom. The lowest BCUT2D eigenvalue weighted by Crippen LogP contribution is -2.39. The van der Waals surface area contributed by atoms with Crippen molar-refractivity contribution >= 4 is 11.7 Å². The van der Waals surface area contributed by atoms with E-state index in [1.807, 2.05) is 42.5 Å². The number of benzene rings is 2. The first-order valence-corrected chi connectivity index (χ1v) is 10.4. The van der Waals surface area contributed by atoms with E-state index in [1.165, 1.54) is 0 Å². The molecule has 31 heavy (non-hydrogen) atoms. The lowest BCUT2D eigenvalue weighted by molar-refractivity contribution is 0.0693. The van der Waals surface area contributed by atoms with E-state index in [-0.39, 0.29) is 18.0 Å². The highest BCUT2D eigenvalue weighted by Crippen LogP contribution is 2.27. The Kier molecular flexibility index (Phi) is 6.74. The summed E-state index contributed by atoms with van der Waals surface area (Å²) >= 11 is 0.